The van der Waals surface area contributed by atoms with E-state index >= 15 is 0 Å². The summed E-state index contributed by atoms with van der Waals surface area (Å²) in [5.74, 6) is 1.44. The minimum atomic E-state index is -0.0767. The minimum Gasteiger partial charge on any atom is -0.477 e. The predicted molar refractivity (Wildman–Crippen MR) is 106 cm³/mol. The van der Waals surface area contributed by atoms with E-state index in [2.05, 4.69) is 29.0 Å². The second kappa shape index (κ2) is 11.4. The maximum atomic E-state index is 11.9. The van der Waals surface area contributed by atoms with Crippen molar-refractivity contribution in [3.8, 4) is 5.88 Å². The number of pyridine rings is 1. The van der Waals surface area contributed by atoms with Crippen molar-refractivity contribution in [3.63, 3.8) is 0 Å². The number of nitrogens with one attached hydrogen (secondary N) is 1. The van der Waals surface area contributed by atoms with Gasteiger partial charge in [0.1, 0.15) is 0 Å². The first-order chi connectivity index (χ1) is 13.2. The molecule has 0 atom stereocenters. The summed E-state index contributed by atoms with van der Waals surface area (Å²) in [6, 6.07) is 3.90. The molecular weight excluding hydrogens is 344 g/mol. The fraction of sp³-hybridized carbons (Fsp3) is 0.650. The highest BCUT2D eigenvalue weighted by Crippen LogP contribution is 2.20. The van der Waals surface area contributed by atoms with E-state index in [1.807, 2.05) is 19.1 Å². The zero-order valence-corrected chi connectivity index (χ0v) is 16.7. The standard InChI is InChI=1S/C20H32N4O3/c1-4-14-27-18-17(8-7-11-22-18)15-23-20(21-5-2)24-12-9-16(10-13-24)19(25)26-6-3/h7-8,11,16H,4-6,9-10,12-15H2,1-3H3,(H,21,23). The van der Waals surface area contributed by atoms with Crippen molar-refractivity contribution >= 4 is 11.9 Å². The van der Waals surface area contributed by atoms with Crippen LogP contribution in [0.15, 0.2) is 23.3 Å². The van der Waals surface area contributed by atoms with Crippen LogP contribution in [0.4, 0.5) is 0 Å². The van der Waals surface area contributed by atoms with Gasteiger partial charge in [-0.05, 0) is 39.2 Å². The van der Waals surface area contributed by atoms with Crippen molar-refractivity contribution in [2.24, 2.45) is 10.9 Å². The Labute approximate surface area is 162 Å². The number of aliphatic imine (C=N–C) groups is 1. The molecular formula is C20H32N4O3. The highest BCUT2D eigenvalue weighted by atomic mass is 16.5. The van der Waals surface area contributed by atoms with Crippen LogP contribution in [0.5, 0.6) is 5.88 Å². The molecule has 0 amide bonds. The molecule has 0 aliphatic carbocycles. The van der Waals surface area contributed by atoms with Crippen LogP contribution in [-0.2, 0) is 16.1 Å². The number of rotatable bonds is 8. The van der Waals surface area contributed by atoms with E-state index < -0.39 is 0 Å². The number of esters is 1. The molecule has 0 bridgehead atoms. The Balaban J connectivity index is 2.00. The highest BCUT2D eigenvalue weighted by molar-refractivity contribution is 5.80. The second-order valence-electron chi connectivity index (χ2n) is 6.50. The van der Waals surface area contributed by atoms with Crippen LogP contribution >= 0.6 is 0 Å². The average Bonchev–Trinajstić information content (AvgIpc) is 2.70. The predicted octanol–water partition coefficient (Wildman–Crippen LogP) is 2.61. The lowest BCUT2D eigenvalue weighted by molar-refractivity contribution is -0.149. The molecule has 1 aromatic rings. The lowest BCUT2D eigenvalue weighted by Crippen LogP contribution is -2.46. The first-order valence-corrected chi connectivity index (χ1v) is 9.96. The van der Waals surface area contributed by atoms with Gasteiger partial charge in [-0.3, -0.25) is 4.79 Å². The molecule has 1 aliphatic heterocycles. The van der Waals surface area contributed by atoms with E-state index in [9.17, 15) is 4.79 Å². The summed E-state index contributed by atoms with van der Waals surface area (Å²) in [4.78, 5) is 23.2. The highest BCUT2D eigenvalue weighted by Gasteiger charge is 2.27. The number of carbonyl (C=O) groups excluding carboxylic acids is 1. The number of piperidine rings is 1. The SMILES string of the molecule is CCCOc1ncccc1CN=C(NCC)N1CCC(C(=O)OCC)CC1. The molecule has 7 heteroatoms. The normalized spacial score (nSPS) is 15.5. The molecule has 1 fully saturated rings. The minimum absolute atomic E-state index is 0.00329. The molecule has 150 valence electrons. The summed E-state index contributed by atoms with van der Waals surface area (Å²) < 4.78 is 10.9. The zero-order chi connectivity index (χ0) is 19.5. The molecule has 7 nitrogen and oxygen atoms in total. The summed E-state index contributed by atoms with van der Waals surface area (Å²) in [5, 5.41) is 3.35. The summed E-state index contributed by atoms with van der Waals surface area (Å²) in [5.41, 5.74) is 0.975. The maximum absolute atomic E-state index is 11.9. The third-order valence-corrected chi connectivity index (χ3v) is 4.44. The number of hydrogen-bond donors (Lipinski definition) is 1. The number of guanidine groups is 1. The third kappa shape index (κ3) is 6.41. The van der Waals surface area contributed by atoms with Crippen molar-refractivity contribution < 1.29 is 14.3 Å². The van der Waals surface area contributed by atoms with Gasteiger partial charge in [-0.25, -0.2) is 9.98 Å². The van der Waals surface area contributed by atoms with Crippen molar-refractivity contribution in [3.05, 3.63) is 23.9 Å². The lowest BCUT2D eigenvalue weighted by Gasteiger charge is -2.33. The van der Waals surface area contributed by atoms with E-state index in [1.54, 1.807) is 6.20 Å². The Morgan fingerprint density at radius 3 is 2.78 bits per heavy atom. The van der Waals surface area contributed by atoms with Gasteiger partial charge in [-0.15, -0.1) is 0 Å². The number of ether oxygens (including phenoxy) is 2. The van der Waals surface area contributed by atoms with Gasteiger partial charge in [0.2, 0.25) is 5.88 Å². The number of hydrogen-bond acceptors (Lipinski definition) is 5. The van der Waals surface area contributed by atoms with E-state index in [0.717, 1.165) is 50.4 Å². The van der Waals surface area contributed by atoms with E-state index in [-0.39, 0.29) is 11.9 Å². The average molecular weight is 377 g/mol. The number of nitrogens with zero attached hydrogens (tertiary/aromatic N) is 3. The van der Waals surface area contributed by atoms with Crippen molar-refractivity contribution in [2.75, 3.05) is 32.8 Å². The van der Waals surface area contributed by atoms with Crippen molar-refractivity contribution in [1.82, 2.24) is 15.2 Å². The quantitative estimate of drug-likeness (QED) is 0.427. The number of carbonyl (C=O) groups is 1. The smallest absolute Gasteiger partial charge is 0.309 e. The van der Waals surface area contributed by atoms with Gasteiger partial charge in [-0.1, -0.05) is 13.0 Å². The van der Waals surface area contributed by atoms with Crippen LogP contribution in [0.2, 0.25) is 0 Å². The molecule has 1 saturated heterocycles. The van der Waals surface area contributed by atoms with Crippen LogP contribution in [-0.4, -0.2) is 54.7 Å². The molecule has 1 aliphatic rings. The fourth-order valence-electron chi connectivity index (χ4n) is 3.05. The topological polar surface area (TPSA) is 76.1 Å². The van der Waals surface area contributed by atoms with E-state index in [4.69, 9.17) is 14.5 Å². The number of aromatic nitrogens is 1. The molecule has 2 heterocycles. The third-order valence-electron chi connectivity index (χ3n) is 4.44. The van der Waals surface area contributed by atoms with Gasteiger partial charge in [0, 0.05) is 31.4 Å². The Morgan fingerprint density at radius 1 is 1.33 bits per heavy atom. The second-order valence-corrected chi connectivity index (χ2v) is 6.50. The zero-order valence-electron chi connectivity index (χ0n) is 16.7. The lowest BCUT2D eigenvalue weighted by atomic mass is 9.97. The van der Waals surface area contributed by atoms with Gasteiger partial charge in [0.15, 0.2) is 5.96 Å². The van der Waals surface area contributed by atoms with Gasteiger partial charge >= 0.3 is 5.97 Å². The van der Waals surface area contributed by atoms with Crippen LogP contribution in [0, 0.1) is 5.92 Å². The number of likely N-dealkylation sites (tertiary alicyclic amines) is 1. The van der Waals surface area contributed by atoms with E-state index in [0.29, 0.717) is 25.6 Å². The Bertz CT molecular complexity index is 613. The molecule has 0 unspecified atom stereocenters. The molecule has 0 radical (unpaired) electrons. The summed E-state index contributed by atoms with van der Waals surface area (Å²) in [6.45, 7) is 9.95. The van der Waals surface area contributed by atoms with Crippen LogP contribution in [0.1, 0.15) is 45.6 Å². The Hall–Kier alpha value is -2.31. The largest absolute Gasteiger partial charge is 0.477 e. The first kappa shape index (κ1) is 21.0. The molecule has 1 aromatic heterocycles. The fourth-order valence-corrected chi connectivity index (χ4v) is 3.05. The summed E-state index contributed by atoms with van der Waals surface area (Å²) in [6.07, 6.45) is 4.27. The van der Waals surface area contributed by atoms with Crippen LogP contribution in [0.3, 0.4) is 0 Å². The molecule has 27 heavy (non-hydrogen) atoms. The van der Waals surface area contributed by atoms with Gasteiger partial charge < -0.3 is 19.7 Å². The maximum Gasteiger partial charge on any atom is 0.309 e. The van der Waals surface area contributed by atoms with Crippen molar-refractivity contribution in [1.29, 1.82) is 0 Å². The first-order valence-electron chi connectivity index (χ1n) is 9.96. The Morgan fingerprint density at radius 2 is 2.11 bits per heavy atom. The van der Waals surface area contributed by atoms with Crippen molar-refractivity contribution in [2.45, 2.75) is 46.6 Å². The molecule has 0 aromatic carbocycles. The van der Waals surface area contributed by atoms with E-state index in [1.165, 1.54) is 0 Å². The molecule has 1 N–H and O–H groups in total. The summed E-state index contributed by atoms with van der Waals surface area (Å²) in [7, 11) is 0. The van der Waals surface area contributed by atoms with Gasteiger partial charge in [0.05, 0.1) is 25.7 Å². The van der Waals surface area contributed by atoms with Crippen LogP contribution in [0.25, 0.3) is 0 Å². The molecule has 2 rings (SSSR count). The molecule has 0 saturated carbocycles. The van der Waals surface area contributed by atoms with Gasteiger partial charge in [-0.2, -0.15) is 0 Å². The summed E-state index contributed by atoms with van der Waals surface area (Å²) >= 11 is 0. The van der Waals surface area contributed by atoms with Crippen LogP contribution < -0.4 is 10.1 Å². The van der Waals surface area contributed by atoms with Gasteiger partial charge in [0.25, 0.3) is 0 Å². The monoisotopic (exact) mass is 376 g/mol. The Kier molecular flexibility index (Phi) is 8.87. The molecule has 0 spiro atoms.